The van der Waals surface area contributed by atoms with Crippen LogP contribution in [-0.4, -0.2) is 27.6 Å². The summed E-state index contributed by atoms with van der Waals surface area (Å²) in [5, 5.41) is 6.34. The Morgan fingerprint density at radius 1 is 1.26 bits per heavy atom. The zero-order chi connectivity index (χ0) is 16.2. The molecule has 0 aliphatic heterocycles. The molecule has 0 radical (unpaired) electrons. The monoisotopic (exact) mass is 325 g/mol. The molecule has 0 bridgehead atoms. The number of aromatic nitrogens is 2. The van der Waals surface area contributed by atoms with Crippen molar-refractivity contribution >= 4 is 17.2 Å². The number of benzene rings is 1. The number of carbonyl (C=O) groups is 1. The minimum atomic E-state index is -0.434. The third kappa shape index (κ3) is 3.35. The SMILES string of the molecule is Cc1ccsc1CN(C)C(=O)[C@H](c1ccccc1)n1cccn1. The van der Waals surface area contributed by atoms with Crippen LogP contribution in [0.15, 0.2) is 60.2 Å². The molecular formula is C18H19N3OS. The lowest BCUT2D eigenvalue weighted by molar-refractivity contribution is -0.133. The van der Waals surface area contributed by atoms with Crippen molar-refractivity contribution in [3.63, 3.8) is 0 Å². The molecule has 0 N–H and O–H groups in total. The summed E-state index contributed by atoms with van der Waals surface area (Å²) >= 11 is 1.68. The number of rotatable bonds is 5. The quantitative estimate of drug-likeness (QED) is 0.720. The molecular weight excluding hydrogens is 306 g/mol. The summed E-state index contributed by atoms with van der Waals surface area (Å²) in [5.74, 6) is 0.0349. The normalized spacial score (nSPS) is 12.1. The van der Waals surface area contributed by atoms with Gasteiger partial charge < -0.3 is 4.90 Å². The first-order valence-corrected chi connectivity index (χ1v) is 8.37. The molecule has 1 amide bonds. The van der Waals surface area contributed by atoms with Gasteiger partial charge in [0.25, 0.3) is 5.91 Å². The molecule has 3 aromatic rings. The first kappa shape index (κ1) is 15.5. The van der Waals surface area contributed by atoms with Crippen molar-refractivity contribution in [3.05, 3.63) is 76.2 Å². The van der Waals surface area contributed by atoms with Crippen LogP contribution in [0.25, 0.3) is 0 Å². The molecule has 4 nitrogen and oxygen atoms in total. The standard InChI is InChI=1S/C18H19N3OS/c1-14-9-12-23-16(14)13-20(2)18(22)17(21-11-6-10-19-21)15-7-4-3-5-8-15/h3-12,17H,13H2,1-2H3/t17-/m0/s1. The van der Waals surface area contributed by atoms with Crippen LogP contribution in [0.3, 0.4) is 0 Å². The van der Waals surface area contributed by atoms with Crippen LogP contribution in [0, 0.1) is 6.92 Å². The molecule has 0 saturated heterocycles. The van der Waals surface area contributed by atoms with E-state index in [0.29, 0.717) is 6.54 Å². The van der Waals surface area contributed by atoms with Crippen molar-refractivity contribution in [3.8, 4) is 0 Å². The molecule has 118 valence electrons. The lowest BCUT2D eigenvalue weighted by Gasteiger charge is -2.24. The fraction of sp³-hybridized carbons (Fsp3) is 0.222. The van der Waals surface area contributed by atoms with Crippen LogP contribution >= 0.6 is 11.3 Å². The number of hydrogen-bond acceptors (Lipinski definition) is 3. The Bertz CT molecular complexity index is 765. The van der Waals surface area contributed by atoms with E-state index in [4.69, 9.17) is 0 Å². The number of amides is 1. The molecule has 0 saturated carbocycles. The van der Waals surface area contributed by atoms with Gasteiger partial charge in [-0.15, -0.1) is 11.3 Å². The minimum Gasteiger partial charge on any atom is -0.338 e. The van der Waals surface area contributed by atoms with Crippen molar-refractivity contribution in [1.82, 2.24) is 14.7 Å². The lowest BCUT2D eigenvalue weighted by Crippen LogP contribution is -2.35. The maximum absolute atomic E-state index is 13.0. The van der Waals surface area contributed by atoms with Crippen LogP contribution in [-0.2, 0) is 11.3 Å². The number of likely N-dealkylation sites (N-methyl/N-ethyl adjacent to an activating group) is 1. The van der Waals surface area contributed by atoms with Crippen molar-refractivity contribution in [2.24, 2.45) is 0 Å². The first-order chi connectivity index (χ1) is 11.2. The van der Waals surface area contributed by atoms with Gasteiger partial charge in [-0.3, -0.25) is 9.48 Å². The van der Waals surface area contributed by atoms with Crippen LogP contribution in [0.1, 0.15) is 22.0 Å². The van der Waals surface area contributed by atoms with E-state index in [0.717, 1.165) is 5.56 Å². The van der Waals surface area contributed by atoms with Crippen molar-refractivity contribution in [1.29, 1.82) is 0 Å². The molecule has 2 aromatic heterocycles. The van der Waals surface area contributed by atoms with Gasteiger partial charge >= 0.3 is 0 Å². The average molecular weight is 325 g/mol. The summed E-state index contributed by atoms with van der Waals surface area (Å²) in [6, 6.07) is 13.3. The predicted molar refractivity (Wildman–Crippen MR) is 92.3 cm³/mol. The van der Waals surface area contributed by atoms with E-state index in [2.05, 4.69) is 23.5 Å². The number of carbonyl (C=O) groups excluding carboxylic acids is 1. The first-order valence-electron chi connectivity index (χ1n) is 7.49. The largest absolute Gasteiger partial charge is 0.338 e. The van der Waals surface area contributed by atoms with Gasteiger partial charge in [0.2, 0.25) is 0 Å². The summed E-state index contributed by atoms with van der Waals surface area (Å²) in [5.41, 5.74) is 2.17. The van der Waals surface area contributed by atoms with Gasteiger partial charge in [-0.25, -0.2) is 0 Å². The molecule has 0 spiro atoms. The van der Waals surface area contributed by atoms with Gasteiger partial charge in [-0.2, -0.15) is 5.10 Å². The Morgan fingerprint density at radius 2 is 2.04 bits per heavy atom. The molecule has 3 rings (SSSR count). The van der Waals surface area contributed by atoms with Crippen LogP contribution in [0.5, 0.6) is 0 Å². The van der Waals surface area contributed by atoms with Crippen molar-refractivity contribution < 1.29 is 4.79 Å². The predicted octanol–water partition coefficient (Wildman–Crippen LogP) is 3.50. The van der Waals surface area contributed by atoms with E-state index in [1.165, 1.54) is 10.4 Å². The summed E-state index contributed by atoms with van der Waals surface area (Å²) < 4.78 is 1.72. The van der Waals surface area contributed by atoms with Crippen LogP contribution in [0.4, 0.5) is 0 Å². The van der Waals surface area contributed by atoms with Crippen molar-refractivity contribution in [2.45, 2.75) is 19.5 Å². The summed E-state index contributed by atoms with van der Waals surface area (Å²) in [6.07, 6.45) is 3.53. The van der Waals surface area contributed by atoms with Crippen molar-refractivity contribution in [2.75, 3.05) is 7.05 Å². The van der Waals surface area contributed by atoms with Crippen LogP contribution < -0.4 is 0 Å². The topological polar surface area (TPSA) is 38.1 Å². The molecule has 1 atom stereocenters. The van der Waals surface area contributed by atoms with E-state index in [9.17, 15) is 4.79 Å². The van der Waals surface area contributed by atoms with Gasteiger partial charge in [0, 0.05) is 24.3 Å². The van der Waals surface area contributed by atoms with Crippen LogP contribution in [0.2, 0.25) is 0 Å². The highest BCUT2D eigenvalue weighted by molar-refractivity contribution is 7.10. The lowest BCUT2D eigenvalue weighted by atomic mass is 10.1. The fourth-order valence-corrected chi connectivity index (χ4v) is 3.50. The zero-order valence-electron chi connectivity index (χ0n) is 13.2. The fourth-order valence-electron chi connectivity index (χ4n) is 2.55. The maximum Gasteiger partial charge on any atom is 0.252 e. The highest BCUT2D eigenvalue weighted by atomic mass is 32.1. The van der Waals surface area contributed by atoms with E-state index in [1.54, 1.807) is 27.1 Å². The van der Waals surface area contributed by atoms with E-state index < -0.39 is 6.04 Å². The van der Waals surface area contributed by atoms with E-state index in [-0.39, 0.29) is 5.91 Å². The highest BCUT2D eigenvalue weighted by Crippen LogP contribution is 2.23. The maximum atomic E-state index is 13.0. The molecule has 0 fully saturated rings. The molecule has 2 heterocycles. The van der Waals surface area contributed by atoms with Gasteiger partial charge in [-0.05, 0) is 35.6 Å². The van der Waals surface area contributed by atoms with Gasteiger partial charge in [0.15, 0.2) is 6.04 Å². The Hall–Kier alpha value is -2.40. The minimum absolute atomic E-state index is 0.0349. The second-order valence-electron chi connectivity index (χ2n) is 5.52. The van der Waals surface area contributed by atoms with E-state index in [1.807, 2.05) is 49.6 Å². The van der Waals surface area contributed by atoms with Gasteiger partial charge in [0.1, 0.15) is 0 Å². The molecule has 0 unspecified atom stereocenters. The highest BCUT2D eigenvalue weighted by Gasteiger charge is 2.26. The Kier molecular flexibility index (Phi) is 4.57. The number of aryl methyl sites for hydroxylation is 1. The third-order valence-electron chi connectivity index (χ3n) is 3.86. The van der Waals surface area contributed by atoms with Gasteiger partial charge in [-0.1, -0.05) is 30.3 Å². The number of nitrogens with zero attached hydrogens (tertiary/aromatic N) is 3. The summed E-state index contributed by atoms with van der Waals surface area (Å²) in [6.45, 7) is 2.69. The second-order valence-corrected chi connectivity index (χ2v) is 6.52. The second kappa shape index (κ2) is 6.79. The third-order valence-corrected chi connectivity index (χ3v) is 4.87. The Balaban J connectivity index is 1.87. The average Bonchev–Trinajstić information content (AvgIpc) is 3.21. The molecule has 0 aliphatic rings. The molecule has 1 aromatic carbocycles. The Labute approximate surface area is 140 Å². The zero-order valence-corrected chi connectivity index (χ0v) is 14.0. The summed E-state index contributed by atoms with van der Waals surface area (Å²) in [4.78, 5) is 16.0. The smallest absolute Gasteiger partial charge is 0.252 e. The summed E-state index contributed by atoms with van der Waals surface area (Å²) in [7, 11) is 1.85. The molecule has 5 heteroatoms. The molecule has 23 heavy (non-hydrogen) atoms. The number of thiophene rings is 1. The van der Waals surface area contributed by atoms with Gasteiger partial charge in [0.05, 0.1) is 6.54 Å². The number of hydrogen-bond donors (Lipinski definition) is 0. The molecule has 0 aliphatic carbocycles. The Morgan fingerprint density at radius 3 is 2.65 bits per heavy atom. The van der Waals surface area contributed by atoms with E-state index >= 15 is 0 Å².